The average molecular weight is 364 g/mol. The molecule has 0 fully saturated rings. The number of carbonyl (C=O) groups is 1. The number of para-hydroxylation sites is 1. The Balaban J connectivity index is 2.44. The zero-order valence-corrected chi connectivity index (χ0v) is 14.1. The van der Waals surface area contributed by atoms with Crippen LogP contribution in [0.4, 0.5) is 5.69 Å². The number of carbonyl (C=O) groups excluding carboxylic acids is 1. The molecule has 0 saturated heterocycles. The fourth-order valence-corrected chi connectivity index (χ4v) is 3.52. The number of rotatable bonds is 7. The van der Waals surface area contributed by atoms with Crippen molar-refractivity contribution in [2.75, 3.05) is 6.61 Å². The first kappa shape index (κ1) is 18.6. The molecule has 0 heterocycles. The molecule has 1 N–H and O–H groups in total. The minimum Gasteiger partial charge on any atom is -0.465 e. The van der Waals surface area contributed by atoms with Gasteiger partial charge in [0, 0.05) is 6.07 Å². The van der Waals surface area contributed by atoms with Crippen LogP contribution < -0.4 is 4.72 Å². The van der Waals surface area contributed by atoms with Gasteiger partial charge in [0.1, 0.15) is 6.04 Å². The number of nitro groups is 1. The quantitative estimate of drug-likeness (QED) is 0.457. The second-order valence-electron chi connectivity index (χ2n) is 4.94. The highest BCUT2D eigenvalue weighted by molar-refractivity contribution is 7.89. The highest BCUT2D eigenvalue weighted by Crippen LogP contribution is 2.25. The largest absolute Gasteiger partial charge is 0.465 e. The first-order valence-electron chi connectivity index (χ1n) is 7.34. The number of ether oxygens (including phenoxy) is 1. The van der Waals surface area contributed by atoms with Gasteiger partial charge in [-0.25, -0.2) is 13.2 Å². The Labute approximate surface area is 144 Å². The van der Waals surface area contributed by atoms with Gasteiger partial charge in [0.25, 0.3) is 5.69 Å². The lowest BCUT2D eigenvalue weighted by molar-refractivity contribution is -0.387. The summed E-state index contributed by atoms with van der Waals surface area (Å²) in [6.45, 7) is 1.66. The number of nitrogens with zero attached hydrogens (tertiary/aromatic N) is 1. The van der Waals surface area contributed by atoms with E-state index in [2.05, 4.69) is 4.72 Å². The van der Waals surface area contributed by atoms with Crippen molar-refractivity contribution >= 4 is 21.7 Å². The number of nitro benzene ring substituents is 1. The molecule has 9 heteroatoms. The highest BCUT2D eigenvalue weighted by Gasteiger charge is 2.32. The van der Waals surface area contributed by atoms with Gasteiger partial charge in [-0.2, -0.15) is 4.72 Å². The van der Waals surface area contributed by atoms with Gasteiger partial charge in [-0.05, 0) is 18.6 Å². The van der Waals surface area contributed by atoms with E-state index in [0.29, 0.717) is 5.56 Å². The normalized spacial score (nSPS) is 12.4. The predicted octanol–water partition coefficient (Wildman–Crippen LogP) is 2.18. The molecule has 0 radical (unpaired) electrons. The van der Waals surface area contributed by atoms with Crippen molar-refractivity contribution < 1.29 is 22.9 Å². The summed E-state index contributed by atoms with van der Waals surface area (Å²) in [5, 5.41) is 11.1. The summed E-state index contributed by atoms with van der Waals surface area (Å²) < 4.78 is 32.4. The van der Waals surface area contributed by atoms with E-state index in [9.17, 15) is 23.3 Å². The summed E-state index contributed by atoms with van der Waals surface area (Å²) in [5.74, 6) is -0.796. The van der Waals surface area contributed by atoms with E-state index in [1.165, 1.54) is 12.1 Å². The second-order valence-corrected chi connectivity index (χ2v) is 6.62. The van der Waals surface area contributed by atoms with Crippen LogP contribution in [0.5, 0.6) is 0 Å². The maximum Gasteiger partial charge on any atom is 0.328 e. The van der Waals surface area contributed by atoms with Gasteiger partial charge in [-0.1, -0.05) is 42.5 Å². The molecule has 0 aliphatic rings. The standard InChI is InChI=1S/C16H16N2O6S/c1-2-24-16(19)15(12-8-4-3-5-9-12)17-25(22,23)14-11-7-6-10-13(14)18(20)21/h3-11,15,17H,2H2,1H3/t15-/m1/s1. The summed E-state index contributed by atoms with van der Waals surface area (Å²) >= 11 is 0. The maximum atomic E-state index is 12.6. The average Bonchev–Trinajstić information content (AvgIpc) is 2.60. The number of benzene rings is 2. The van der Waals surface area contributed by atoms with Crippen LogP contribution in [0.15, 0.2) is 59.5 Å². The lowest BCUT2D eigenvalue weighted by atomic mass is 10.1. The van der Waals surface area contributed by atoms with Crippen LogP contribution in [0, 0.1) is 10.1 Å². The van der Waals surface area contributed by atoms with E-state index in [4.69, 9.17) is 4.74 Å². The summed E-state index contributed by atoms with van der Waals surface area (Å²) in [6.07, 6.45) is 0. The van der Waals surface area contributed by atoms with Crippen molar-refractivity contribution in [3.8, 4) is 0 Å². The van der Waals surface area contributed by atoms with Crippen LogP contribution >= 0.6 is 0 Å². The Morgan fingerprint density at radius 3 is 2.36 bits per heavy atom. The summed E-state index contributed by atoms with van der Waals surface area (Å²) in [5.41, 5.74) is -0.214. The van der Waals surface area contributed by atoms with Crippen molar-refractivity contribution in [1.29, 1.82) is 0 Å². The van der Waals surface area contributed by atoms with Crippen molar-refractivity contribution in [2.45, 2.75) is 17.9 Å². The predicted molar refractivity (Wildman–Crippen MR) is 89.2 cm³/mol. The molecule has 0 amide bonds. The molecule has 0 aromatic heterocycles. The van der Waals surface area contributed by atoms with Crippen LogP contribution in [-0.2, 0) is 19.6 Å². The minimum atomic E-state index is -4.34. The van der Waals surface area contributed by atoms with Gasteiger partial charge in [0.15, 0.2) is 4.90 Å². The van der Waals surface area contributed by atoms with Gasteiger partial charge in [-0.3, -0.25) is 10.1 Å². The third kappa shape index (κ3) is 4.40. The van der Waals surface area contributed by atoms with E-state index in [1.807, 2.05) is 0 Å². The van der Waals surface area contributed by atoms with Crippen LogP contribution in [0.3, 0.4) is 0 Å². The molecule has 25 heavy (non-hydrogen) atoms. The molecule has 2 aromatic carbocycles. The van der Waals surface area contributed by atoms with E-state index in [1.54, 1.807) is 37.3 Å². The Morgan fingerprint density at radius 2 is 1.76 bits per heavy atom. The van der Waals surface area contributed by atoms with Crippen LogP contribution in [0.1, 0.15) is 18.5 Å². The molecule has 2 aromatic rings. The molecule has 132 valence electrons. The number of sulfonamides is 1. The monoisotopic (exact) mass is 364 g/mol. The summed E-state index contributed by atoms with van der Waals surface area (Å²) in [6, 6.07) is 11.7. The van der Waals surface area contributed by atoms with Crippen molar-refractivity contribution in [2.24, 2.45) is 0 Å². The lowest BCUT2D eigenvalue weighted by Gasteiger charge is -2.17. The maximum absolute atomic E-state index is 12.6. The fourth-order valence-electron chi connectivity index (χ4n) is 2.18. The molecule has 0 aliphatic heterocycles. The zero-order chi connectivity index (χ0) is 18.4. The lowest BCUT2D eigenvalue weighted by Crippen LogP contribution is -2.35. The topological polar surface area (TPSA) is 116 Å². The highest BCUT2D eigenvalue weighted by atomic mass is 32.2. The number of hydrogen-bond donors (Lipinski definition) is 1. The van der Waals surface area contributed by atoms with Crippen LogP contribution in [0.2, 0.25) is 0 Å². The number of esters is 1. The smallest absolute Gasteiger partial charge is 0.328 e. The molecule has 0 bridgehead atoms. The number of nitrogens with one attached hydrogen (secondary N) is 1. The third-order valence-electron chi connectivity index (χ3n) is 3.28. The molecule has 8 nitrogen and oxygen atoms in total. The third-order valence-corrected chi connectivity index (χ3v) is 4.75. The Bertz CT molecular complexity index is 867. The van der Waals surface area contributed by atoms with Gasteiger partial charge >= 0.3 is 5.97 Å². The van der Waals surface area contributed by atoms with Gasteiger partial charge in [0.05, 0.1) is 11.5 Å². The van der Waals surface area contributed by atoms with E-state index in [-0.39, 0.29) is 6.61 Å². The molecular formula is C16H16N2O6S. The first-order chi connectivity index (χ1) is 11.9. The molecular weight excluding hydrogens is 348 g/mol. The first-order valence-corrected chi connectivity index (χ1v) is 8.82. The molecule has 1 atom stereocenters. The number of hydrogen-bond acceptors (Lipinski definition) is 6. The van der Waals surface area contributed by atoms with Crippen molar-refractivity contribution in [1.82, 2.24) is 4.72 Å². The Kier molecular flexibility index (Phi) is 5.84. The minimum absolute atomic E-state index is 0.0649. The van der Waals surface area contributed by atoms with Gasteiger partial charge < -0.3 is 4.74 Å². The summed E-state index contributed by atoms with van der Waals surface area (Å²) in [7, 11) is -4.34. The molecule has 0 unspecified atom stereocenters. The van der Waals surface area contributed by atoms with Gasteiger partial charge in [0.2, 0.25) is 10.0 Å². The Hall–Kier alpha value is -2.78. The molecule has 0 spiro atoms. The molecule has 0 saturated carbocycles. The molecule has 2 rings (SSSR count). The van der Waals surface area contributed by atoms with Crippen molar-refractivity contribution in [3.63, 3.8) is 0 Å². The van der Waals surface area contributed by atoms with E-state index in [0.717, 1.165) is 12.1 Å². The molecule has 0 aliphatic carbocycles. The SMILES string of the molecule is CCOC(=O)[C@H](NS(=O)(=O)c1ccccc1[N+](=O)[O-])c1ccccc1. The second kappa shape index (κ2) is 7.86. The van der Waals surface area contributed by atoms with Crippen LogP contribution in [0.25, 0.3) is 0 Å². The fraction of sp³-hybridized carbons (Fsp3) is 0.188. The zero-order valence-electron chi connectivity index (χ0n) is 13.3. The van der Waals surface area contributed by atoms with Crippen molar-refractivity contribution in [3.05, 3.63) is 70.3 Å². The van der Waals surface area contributed by atoms with Gasteiger partial charge in [-0.15, -0.1) is 0 Å². The van der Waals surface area contributed by atoms with Crippen LogP contribution in [-0.4, -0.2) is 25.9 Å². The Morgan fingerprint density at radius 1 is 1.16 bits per heavy atom. The summed E-state index contributed by atoms with van der Waals surface area (Å²) in [4.78, 5) is 22.0. The van der Waals surface area contributed by atoms with E-state index < -0.39 is 37.5 Å². The van der Waals surface area contributed by atoms with E-state index >= 15 is 0 Å².